The molecular weight excluding hydrogens is 279 g/mol. The molecule has 0 aromatic heterocycles. The van der Waals surface area contributed by atoms with E-state index in [0.29, 0.717) is 21.9 Å². The van der Waals surface area contributed by atoms with Crippen LogP contribution in [0, 0.1) is 12.7 Å². The van der Waals surface area contributed by atoms with E-state index in [2.05, 4.69) is 0 Å². The maximum Gasteiger partial charge on any atom is 0.131 e. The van der Waals surface area contributed by atoms with Crippen molar-refractivity contribution in [2.45, 2.75) is 26.6 Å². The molecule has 0 saturated carbocycles. The van der Waals surface area contributed by atoms with Crippen LogP contribution in [-0.2, 0) is 6.61 Å². The highest BCUT2D eigenvalue weighted by Gasteiger charge is 2.12. The second-order valence-corrected chi connectivity index (χ2v) is 5.11. The zero-order valence-corrected chi connectivity index (χ0v) is 12.1. The highest BCUT2D eigenvalue weighted by Crippen LogP contribution is 2.28. The first-order valence-corrected chi connectivity index (χ1v) is 6.71. The third kappa shape index (κ3) is 3.30. The van der Waals surface area contributed by atoms with Crippen LogP contribution < -0.4 is 4.74 Å². The lowest BCUT2D eigenvalue weighted by molar-refractivity contribution is 0.190. The van der Waals surface area contributed by atoms with Gasteiger partial charge in [0, 0.05) is 11.1 Å². The number of halogens is 2. The van der Waals surface area contributed by atoms with Crippen LogP contribution >= 0.6 is 11.6 Å². The maximum atomic E-state index is 13.7. The van der Waals surface area contributed by atoms with E-state index in [1.54, 1.807) is 25.1 Å². The van der Waals surface area contributed by atoms with Gasteiger partial charge in [-0.15, -0.1) is 0 Å². The van der Waals surface area contributed by atoms with Crippen LogP contribution in [0.5, 0.6) is 5.75 Å². The number of hydrogen-bond acceptors (Lipinski definition) is 2. The first kappa shape index (κ1) is 14.8. The molecule has 106 valence electrons. The molecule has 2 aromatic rings. The van der Waals surface area contributed by atoms with Crippen LogP contribution in [0.1, 0.15) is 29.7 Å². The van der Waals surface area contributed by atoms with Crippen molar-refractivity contribution in [1.29, 1.82) is 0 Å². The summed E-state index contributed by atoms with van der Waals surface area (Å²) in [5.41, 5.74) is 1.99. The van der Waals surface area contributed by atoms with E-state index in [1.165, 1.54) is 6.07 Å². The molecule has 0 aliphatic carbocycles. The number of hydrogen-bond donors (Lipinski definition) is 1. The Morgan fingerprint density at radius 3 is 2.70 bits per heavy atom. The third-order valence-electron chi connectivity index (χ3n) is 3.05. The lowest BCUT2D eigenvalue weighted by atomic mass is 10.1. The van der Waals surface area contributed by atoms with Gasteiger partial charge in [-0.3, -0.25) is 0 Å². The van der Waals surface area contributed by atoms with Gasteiger partial charge in [-0.05, 0) is 37.6 Å². The molecule has 4 heteroatoms. The largest absolute Gasteiger partial charge is 0.488 e. The highest BCUT2D eigenvalue weighted by atomic mass is 35.5. The number of benzene rings is 2. The summed E-state index contributed by atoms with van der Waals surface area (Å²) >= 11 is 5.96. The van der Waals surface area contributed by atoms with Crippen molar-refractivity contribution >= 4 is 11.6 Å². The van der Waals surface area contributed by atoms with Crippen LogP contribution in [0.4, 0.5) is 4.39 Å². The molecule has 1 N–H and O–H groups in total. The predicted octanol–water partition coefficient (Wildman–Crippen LogP) is 4.42. The van der Waals surface area contributed by atoms with Gasteiger partial charge in [0.15, 0.2) is 0 Å². The van der Waals surface area contributed by atoms with E-state index in [-0.39, 0.29) is 6.61 Å². The lowest BCUT2D eigenvalue weighted by Gasteiger charge is -2.15. The van der Waals surface area contributed by atoms with Crippen molar-refractivity contribution in [3.05, 3.63) is 63.9 Å². The summed E-state index contributed by atoms with van der Waals surface area (Å²) in [5.74, 6) is 0.142. The Morgan fingerprint density at radius 1 is 1.30 bits per heavy atom. The van der Waals surface area contributed by atoms with Crippen LogP contribution in [0.2, 0.25) is 5.02 Å². The molecule has 0 saturated heterocycles. The Bertz CT molecular complexity index is 591. The van der Waals surface area contributed by atoms with Gasteiger partial charge < -0.3 is 9.84 Å². The van der Waals surface area contributed by atoms with Crippen LogP contribution in [-0.4, -0.2) is 5.11 Å². The minimum absolute atomic E-state index is 0.0225. The van der Waals surface area contributed by atoms with E-state index >= 15 is 0 Å². The fourth-order valence-corrected chi connectivity index (χ4v) is 2.15. The van der Waals surface area contributed by atoms with Crippen LogP contribution in [0.15, 0.2) is 36.4 Å². The second kappa shape index (κ2) is 6.25. The minimum Gasteiger partial charge on any atom is -0.488 e. The molecule has 0 aliphatic rings. The monoisotopic (exact) mass is 294 g/mol. The molecule has 0 aliphatic heterocycles. The van der Waals surface area contributed by atoms with Gasteiger partial charge in [-0.1, -0.05) is 29.8 Å². The molecule has 0 heterocycles. The number of aliphatic hydroxyl groups is 1. The molecule has 0 amide bonds. The first-order valence-electron chi connectivity index (χ1n) is 6.33. The average molecular weight is 295 g/mol. The summed E-state index contributed by atoms with van der Waals surface area (Å²) in [4.78, 5) is 0. The number of aryl methyl sites for hydroxylation is 1. The van der Waals surface area contributed by atoms with Crippen molar-refractivity contribution in [2.24, 2.45) is 0 Å². The molecule has 2 aromatic carbocycles. The first-order chi connectivity index (χ1) is 9.49. The standard InChI is InChI=1S/C16H16ClFO2/c1-10-6-7-12(11(2)19)16(8-10)20-9-13-14(17)4-3-5-15(13)18/h3-8,11,19H,9H2,1-2H3. The van der Waals surface area contributed by atoms with Gasteiger partial charge >= 0.3 is 0 Å². The van der Waals surface area contributed by atoms with E-state index in [1.807, 2.05) is 19.1 Å². The fourth-order valence-electron chi connectivity index (χ4n) is 1.93. The fraction of sp³-hybridized carbons (Fsp3) is 0.250. The normalized spacial score (nSPS) is 12.2. The predicted molar refractivity (Wildman–Crippen MR) is 77.6 cm³/mol. The lowest BCUT2D eigenvalue weighted by Crippen LogP contribution is -2.03. The summed E-state index contributed by atoms with van der Waals surface area (Å²) in [5, 5.41) is 10.1. The van der Waals surface area contributed by atoms with Crippen molar-refractivity contribution in [1.82, 2.24) is 0 Å². The molecule has 1 unspecified atom stereocenters. The van der Waals surface area contributed by atoms with Gasteiger partial charge in [0.2, 0.25) is 0 Å². The van der Waals surface area contributed by atoms with Crippen molar-refractivity contribution in [2.75, 3.05) is 0 Å². The Kier molecular flexibility index (Phi) is 4.63. The molecule has 0 spiro atoms. The molecular formula is C16H16ClFO2. The topological polar surface area (TPSA) is 29.5 Å². The summed E-state index contributed by atoms with van der Waals surface area (Å²) in [6.45, 7) is 3.61. The SMILES string of the molecule is Cc1ccc(C(C)O)c(OCc2c(F)cccc2Cl)c1. The average Bonchev–Trinajstić information content (AvgIpc) is 2.37. The number of ether oxygens (including phenoxy) is 1. The van der Waals surface area contributed by atoms with Crippen molar-refractivity contribution in [3.63, 3.8) is 0 Å². The van der Waals surface area contributed by atoms with Crippen LogP contribution in [0.3, 0.4) is 0 Å². The van der Waals surface area contributed by atoms with E-state index in [0.717, 1.165) is 5.56 Å². The molecule has 0 radical (unpaired) electrons. The van der Waals surface area contributed by atoms with Gasteiger partial charge in [-0.2, -0.15) is 0 Å². The number of aliphatic hydroxyl groups excluding tert-OH is 1. The molecule has 20 heavy (non-hydrogen) atoms. The van der Waals surface area contributed by atoms with Gasteiger partial charge in [0.1, 0.15) is 18.2 Å². The van der Waals surface area contributed by atoms with E-state index in [4.69, 9.17) is 16.3 Å². The molecule has 0 bridgehead atoms. The van der Waals surface area contributed by atoms with E-state index < -0.39 is 11.9 Å². The quantitative estimate of drug-likeness (QED) is 0.904. The zero-order chi connectivity index (χ0) is 14.7. The highest BCUT2D eigenvalue weighted by molar-refractivity contribution is 6.31. The molecule has 0 fully saturated rings. The summed E-state index contributed by atoms with van der Waals surface area (Å²) in [6.07, 6.45) is -0.651. The van der Waals surface area contributed by atoms with Crippen molar-refractivity contribution in [3.8, 4) is 5.75 Å². The van der Waals surface area contributed by atoms with Gasteiger partial charge in [0.05, 0.1) is 11.1 Å². The van der Waals surface area contributed by atoms with Crippen LogP contribution in [0.25, 0.3) is 0 Å². The Labute approximate surface area is 122 Å². The Balaban J connectivity index is 2.25. The molecule has 2 rings (SSSR count). The summed E-state index contributed by atoms with van der Waals surface area (Å²) in [6, 6.07) is 10.0. The summed E-state index contributed by atoms with van der Waals surface area (Å²) < 4.78 is 19.3. The minimum atomic E-state index is -0.651. The Hall–Kier alpha value is -1.58. The number of rotatable bonds is 4. The Morgan fingerprint density at radius 2 is 2.05 bits per heavy atom. The van der Waals surface area contributed by atoms with Gasteiger partial charge in [-0.25, -0.2) is 4.39 Å². The molecule has 2 nitrogen and oxygen atoms in total. The van der Waals surface area contributed by atoms with E-state index in [9.17, 15) is 9.50 Å². The maximum absolute atomic E-state index is 13.7. The third-order valence-corrected chi connectivity index (χ3v) is 3.41. The van der Waals surface area contributed by atoms with Gasteiger partial charge in [0.25, 0.3) is 0 Å². The molecule has 1 atom stereocenters. The smallest absolute Gasteiger partial charge is 0.131 e. The summed E-state index contributed by atoms with van der Waals surface area (Å²) in [7, 11) is 0. The van der Waals surface area contributed by atoms with Crippen molar-refractivity contribution < 1.29 is 14.2 Å². The second-order valence-electron chi connectivity index (χ2n) is 4.71. The zero-order valence-electron chi connectivity index (χ0n) is 11.4.